The average molecular weight is 172 g/mol. The molecule has 4 heteroatoms. The molecular weight excluding hydrogens is 166 g/mol. The molecule has 0 amide bonds. The van der Waals surface area contributed by atoms with Gasteiger partial charge in [0.05, 0.1) is 0 Å². The van der Waals surface area contributed by atoms with Gasteiger partial charge in [0.15, 0.2) is 0 Å². The summed E-state index contributed by atoms with van der Waals surface area (Å²) in [5.74, 6) is 0. The van der Waals surface area contributed by atoms with Crippen molar-refractivity contribution in [1.82, 2.24) is 0 Å². The summed E-state index contributed by atoms with van der Waals surface area (Å²) in [5, 5.41) is 6.89. The SMILES string of the molecule is FC(F)c1ccc2cc1-2.O=CO. The van der Waals surface area contributed by atoms with E-state index in [-0.39, 0.29) is 12.0 Å². The summed E-state index contributed by atoms with van der Waals surface area (Å²) in [6, 6.07) is 4.97. The summed E-state index contributed by atoms with van der Waals surface area (Å²) in [6.07, 6.45) is -2.30. The van der Waals surface area contributed by atoms with Crippen LogP contribution in [0.25, 0.3) is 11.1 Å². The number of halogens is 2. The van der Waals surface area contributed by atoms with Gasteiger partial charge in [-0.1, -0.05) is 12.1 Å². The summed E-state index contributed by atoms with van der Waals surface area (Å²) in [4.78, 5) is 8.36. The first-order chi connectivity index (χ1) is 5.70. The second-order valence-electron chi connectivity index (χ2n) is 2.21. The van der Waals surface area contributed by atoms with Crippen molar-refractivity contribution in [2.24, 2.45) is 0 Å². The zero-order valence-electron chi connectivity index (χ0n) is 6.00. The minimum absolute atomic E-state index is 0.185. The highest BCUT2D eigenvalue weighted by Crippen LogP contribution is 2.42. The molecule has 0 aromatic carbocycles. The van der Waals surface area contributed by atoms with Gasteiger partial charge in [0, 0.05) is 5.56 Å². The molecule has 0 aromatic rings. The molecule has 0 bridgehead atoms. The molecule has 0 radical (unpaired) electrons. The number of benzene rings is 1. The van der Waals surface area contributed by atoms with Crippen molar-refractivity contribution in [3.8, 4) is 11.1 Å². The van der Waals surface area contributed by atoms with Crippen LogP contribution in [0.1, 0.15) is 12.0 Å². The van der Waals surface area contributed by atoms with Crippen LogP contribution in [0, 0.1) is 0 Å². The van der Waals surface area contributed by atoms with Crippen LogP contribution in [0.4, 0.5) is 8.78 Å². The second kappa shape index (κ2) is 3.30. The average Bonchev–Trinajstić information content (AvgIpc) is 2.63. The third kappa shape index (κ3) is 1.58. The van der Waals surface area contributed by atoms with Gasteiger partial charge in [-0.25, -0.2) is 8.78 Å². The first-order valence-corrected chi connectivity index (χ1v) is 3.21. The molecule has 2 aliphatic carbocycles. The van der Waals surface area contributed by atoms with Gasteiger partial charge in [-0.15, -0.1) is 0 Å². The van der Waals surface area contributed by atoms with E-state index in [2.05, 4.69) is 0 Å². The lowest BCUT2D eigenvalue weighted by Gasteiger charge is -1.90. The number of rotatable bonds is 1. The van der Waals surface area contributed by atoms with Crippen LogP contribution < -0.4 is 0 Å². The van der Waals surface area contributed by atoms with Gasteiger partial charge < -0.3 is 5.11 Å². The largest absolute Gasteiger partial charge is 0.483 e. The molecule has 0 spiro atoms. The van der Waals surface area contributed by atoms with Crippen LogP contribution in [0.15, 0.2) is 18.2 Å². The van der Waals surface area contributed by atoms with Gasteiger partial charge in [-0.05, 0) is 17.2 Å². The van der Waals surface area contributed by atoms with E-state index in [0.29, 0.717) is 0 Å². The monoisotopic (exact) mass is 172 g/mol. The van der Waals surface area contributed by atoms with Crippen molar-refractivity contribution < 1.29 is 18.7 Å². The van der Waals surface area contributed by atoms with Crippen LogP contribution in [-0.2, 0) is 4.79 Å². The molecule has 0 saturated heterocycles. The molecule has 2 aliphatic rings. The molecule has 0 atom stereocenters. The highest BCUT2D eigenvalue weighted by molar-refractivity contribution is 5.84. The fourth-order valence-electron chi connectivity index (χ4n) is 0.967. The minimum atomic E-state index is -2.30. The molecule has 0 unspecified atom stereocenters. The van der Waals surface area contributed by atoms with E-state index in [1.54, 1.807) is 12.1 Å². The third-order valence-electron chi connectivity index (χ3n) is 1.52. The summed E-state index contributed by atoms with van der Waals surface area (Å²) in [7, 11) is 0. The van der Waals surface area contributed by atoms with Crippen molar-refractivity contribution in [2.75, 3.05) is 0 Å². The molecule has 0 heterocycles. The van der Waals surface area contributed by atoms with Crippen LogP contribution in [0.3, 0.4) is 0 Å². The highest BCUT2D eigenvalue weighted by atomic mass is 19.3. The molecular formula is C8H6F2O2. The van der Waals surface area contributed by atoms with Gasteiger partial charge in [-0.3, -0.25) is 4.79 Å². The van der Waals surface area contributed by atoms with E-state index < -0.39 is 6.43 Å². The lowest BCUT2D eigenvalue weighted by atomic mass is 10.3. The Kier molecular flexibility index (Phi) is 2.38. The van der Waals surface area contributed by atoms with Gasteiger partial charge in [0.25, 0.3) is 12.9 Å². The number of alkyl halides is 2. The van der Waals surface area contributed by atoms with E-state index in [1.807, 2.05) is 0 Å². The second-order valence-corrected chi connectivity index (χ2v) is 2.21. The Morgan fingerprint density at radius 1 is 1.42 bits per heavy atom. The molecule has 0 saturated carbocycles. The zero-order chi connectivity index (χ0) is 9.14. The summed E-state index contributed by atoms with van der Waals surface area (Å²) in [5.41, 5.74) is 1.92. The van der Waals surface area contributed by atoms with Crippen molar-refractivity contribution in [3.05, 3.63) is 23.8 Å². The van der Waals surface area contributed by atoms with Gasteiger partial charge in [0.2, 0.25) is 0 Å². The fourth-order valence-corrected chi connectivity index (χ4v) is 0.967. The molecule has 0 aliphatic heterocycles. The predicted octanol–water partition coefficient (Wildman–Crippen LogP) is 2.31. The van der Waals surface area contributed by atoms with Gasteiger partial charge in [0.1, 0.15) is 0 Å². The van der Waals surface area contributed by atoms with Crippen LogP contribution in [-0.4, -0.2) is 11.6 Å². The number of hydrogen-bond acceptors (Lipinski definition) is 1. The maximum atomic E-state index is 11.9. The number of carbonyl (C=O) groups is 1. The molecule has 2 rings (SSSR count). The Hall–Kier alpha value is -1.45. The van der Waals surface area contributed by atoms with Crippen molar-refractivity contribution in [3.63, 3.8) is 0 Å². The molecule has 0 fully saturated rings. The van der Waals surface area contributed by atoms with E-state index in [4.69, 9.17) is 9.90 Å². The first kappa shape index (κ1) is 8.64. The molecule has 64 valence electrons. The summed E-state index contributed by atoms with van der Waals surface area (Å²) < 4.78 is 23.7. The Morgan fingerprint density at radius 2 is 2.00 bits per heavy atom. The number of carboxylic acid groups (broad SMARTS) is 1. The maximum Gasteiger partial charge on any atom is 0.290 e. The Bertz CT molecular complexity index is 297. The lowest BCUT2D eigenvalue weighted by molar-refractivity contribution is -0.122. The quantitative estimate of drug-likeness (QED) is 0.670. The Labute approximate surface area is 67.4 Å². The minimum Gasteiger partial charge on any atom is -0.483 e. The smallest absolute Gasteiger partial charge is 0.290 e. The van der Waals surface area contributed by atoms with Crippen molar-refractivity contribution in [2.45, 2.75) is 6.43 Å². The standard InChI is InChI=1S/C7H4F2.CH2O2/c8-7(9)5-2-1-4-3-6(4)5;2-1-3/h1-3,7H;1H,(H,2,3). The third-order valence-corrected chi connectivity index (χ3v) is 1.52. The lowest BCUT2D eigenvalue weighted by Crippen LogP contribution is -1.75. The molecule has 0 aromatic heterocycles. The number of fused-ring (bicyclic) bond motifs is 1. The zero-order valence-corrected chi connectivity index (χ0v) is 6.00. The maximum absolute atomic E-state index is 11.9. The highest BCUT2D eigenvalue weighted by Gasteiger charge is 2.22. The van der Waals surface area contributed by atoms with Gasteiger partial charge >= 0.3 is 0 Å². The fraction of sp³-hybridized carbons (Fsp3) is 0.125. The predicted molar refractivity (Wildman–Crippen MR) is 39.1 cm³/mol. The first-order valence-electron chi connectivity index (χ1n) is 3.21. The van der Waals surface area contributed by atoms with Crippen LogP contribution >= 0.6 is 0 Å². The molecule has 12 heavy (non-hydrogen) atoms. The summed E-state index contributed by atoms with van der Waals surface area (Å²) in [6.45, 7) is -0.250. The van der Waals surface area contributed by atoms with E-state index in [9.17, 15) is 8.78 Å². The molecule has 2 nitrogen and oxygen atoms in total. The van der Waals surface area contributed by atoms with Crippen molar-refractivity contribution >= 4 is 6.47 Å². The number of hydrogen-bond donors (Lipinski definition) is 1. The Balaban J connectivity index is 0.000000213. The van der Waals surface area contributed by atoms with Gasteiger partial charge in [-0.2, -0.15) is 0 Å². The van der Waals surface area contributed by atoms with E-state index in [0.717, 1.165) is 11.1 Å². The van der Waals surface area contributed by atoms with E-state index in [1.165, 1.54) is 6.07 Å². The van der Waals surface area contributed by atoms with E-state index >= 15 is 0 Å². The normalized spacial score (nSPS) is 10.2. The van der Waals surface area contributed by atoms with Crippen LogP contribution in [0.2, 0.25) is 0 Å². The Morgan fingerprint density at radius 3 is 2.17 bits per heavy atom. The van der Waals surface area contributed by atoms with Crippen molar-refractivity contribution in [1.29, 1.82) is 0 Å². The topological polar surface area (TPSA) is 37.3 Å². The van der Waals surface area contributed by atoms with Crippen LogP contribution in [0.5, 0.6) is 0 Å². The molecule has 1 N–H and O–H groups in total. The summed E-state index contributed by atoms with van der Waals surface area (Å²) >= 11 is 0.